The fourth-order valence-electron chi connectivity index (χ4n) is 4.43. The lowest BCUT2D eigenvalue weighted by Crippen LogP contribution is -2.17. The fraction of sp³-hybridized carbons (Fsp3) is 0.111. The average Bonchev–Trinajstić information content (AvgIpc) is 3.43. The Morgan fingerprint density at radius 3 is 2.55 bits per heavy atom. The number of nitrogens with zero attached hydrogens (tertiary/aromatic N) is 2. The quantitative estimate of drug-likeness (QED) is 0.123. The van der Waals surface area contributed by atoms with E-state index in [-0.39, 0.29) is 16.8 Å². The van der Waals surface area contributed by atoms with Crippen molar-refractivity contribution in [3.63, 3.8) is 0 Å². The molecule has 1 atom stereocenters. The summed E-state index contributed by atoms with van der Waals surface area (Å²) in [6.45, 7) is 2.34. The number of aromatic nitrogens is 1. The number of benzene rings is 3. The van der Waals surface area contributed by atoms with Crippen LogP contribution in [0, 0.1) is 5.41 Å². The number of anilines is 1. The van der Waals surface area contributed by atoms with Gasteiger partial charge in [-0.3, -0.25) is 10.1 Å². The molecule has 1 aromatic heterocycles. The first-order chi connectivity index (χ1) is 18.3. The van der Waals surface area contributed by atoms with Gasteiger partial charge in [-0.05, 0) is 78.0 Å². The third-order valence-corrected chi connectivity index (χ3v) is 7.74. The zero-order chi connectivity index (χ0) is 26.9. The first kappa shape index (κ1) is 25.9. The highest BCUT2D eigenvalue weighted by Gasteiger charge is 2.33. The van der Waals surface area contributed by atoms with Gasteiger partial charge >= 0.3 is 0 Å². The number of aliphatic imine (C=N–C) groups is 1. The van der Waals surface area contributed by atoms with Gasteiger partial charge in [-0.2, -0.15) is 0 Å². The van der Waals surface area contributed by atoms with Crippen molar-refractivity contribution >= 4 is 54.0 Å². The van der Waals surface area contributed by atoms with Gasteiger partial charge < -0.3 is 19.8 Å². The first-order valence-corrected chi connectivity index (χ1v) is 14.3. The van der Waals surface area contributed by atoms with Crippen LogP contribution < -0.4 is 15.2 Å². The maximum atomic E-state index is 12.7. The van der Waals surface area contributed by atoms with Crippen LogP contribution in [0.2, 0.25) is 0 Å². The Morgan fingerprint density at radius 1 is 1.13 bits per heavy atom. The Labute approximate surface area is 234 Å². The van der Waals surface area contributed by atoms with Gasteiger partial charge in [0, 0.05) is 17.3 Å². The topological polar surface area (TPSA) is 132 Å². The molecular weight excluding hydrogens is 617 g/mol. The maximum Gasteiger partial charge on any atom is 0.261 e. The van der Waals surface area contributed by atoms with Crippen LogP contribution in [0.4, 0.5) is 11.4 Å². The molecule has 194 valence electrons. The third kappa shape index (κ3) is 5.04. The van der Waals surface area contributed by atoms with Crippen molar-refractivity contribution in [3.05, 3.63) is 95.8 Å². The first-order valence-electron chi connectivity index (χ1n) is 11.6. The number of fused-ring (bicyclic) bond motifs is 1. The van der Waals surface area contributed by atoms with Crippen LogP contribution in [0.1, 0.15) is 30.0 Å². The van der Waals surface area contributed by atoms with Gasteiger partial charge in [0.1, 0.15) is 23.0 Å². The fourth-order valence-corrected chi connectivity index (χ4v) is 5.78. The second-order valence-electron chi connectivity index (χ2n) is 8.53. The monoisotopic (exact) mass is 641 g/mol. The van der Waals surface area contributed by atoms with Crippen molar-refractivity contribution in [3.8, 4) is 17.2 Å². The molecule has 3 aromatic carbocycles. The van der Waals surface area contributed by atoms with E-state index in [9.17, 15) is 8.42 Å². The highest BCUT2D eigenvalue weighted by atomic mass is 127. The molecule has 5 rings (SSSR count). The molecule has 4 N–H and O–H groups in total. The normalized spacial score (nSPS) is 14.9. The molecule has 0 saturated carbocycles. The molecule has 1 aliphatic rings. The minimum Gasteiger partial charge on any atom is -0.457 e. The van der Waals surface area contributed by atoms with Gasteiger partial charge in [-0.1, -0.05) is 24.3 Å². The largest absolute Gasteiger partial charge is 0.457 e. The van der Waals surface area contributed by atoms with E-state index in [0.717, 1.165) is 16.9 Å². The molecule has 0 amide bonds. The van der Waals surface area contributed by atoms with E-state index in [1.165, 1.54) is 12.1 Å². The van der Waals surface area contributed by atoms with Gasteiger partial charge in [0.05, 0.1) is 38.9 Å². The van der Waals surface area contributed by atoms with Crippen molar-refractivity contribution in [2.45, 2.75) is 24.5 Å². The number of ether oxygens (including phenoxy) is 2. The van der Waals surface area contributed by atoms with Crippen LogP contribution in [-0.4, -0.2) is 23.0 Å². The number of nitrogens with one attached hydrogen (secondary N) is 2. The molecular formula is C27H24IN5O4S. The van der Waals surface area contributed by atoms with Crippen LogP contribution in [0.5, 0.6) is 11.5 Å². The molecule has 0 bridgehead atoms. The van der Waals surface area contributed by atoms with E-state index >= 15 is 0 Å². The van der Waals surface area contributed by atoms with E-state index in [2.05, 4.69) is 9.71 Å². The number of sulfonamides is 1. The summed E-state index contributed by atoms with van der Waals surface area (Å²) in [5, 5.41) is 8.21. The SMILES string of the molecule is CC1OCc2c1c(/N=C\I)c(C(=N)N)n2-c1ccc(Oc2cccc(NS(=O)(=O)c3ccccc3)c2)cc1. The van der Waals surface area contributed by atoms with Gasteiger partial charge in [0.15, 0.2) is 0 Å². The van der Waals surface area contributed by atoms with Gasteiger partial charge in [0.25, 0.3) is 10.0 Å². The second-order valence-corrected chi connectivity index (χ2v) is 10.8. The van der Waals surface area contributed by atoms with Crippen molar-refractivity contribution in [1.82, 2.24) is 4.57 Å². The van der Waals surface area contributed by atoms with E-state index < -0.39 is 10.0 Å². The molecule has 9 nitrogen and oxygen atoms in total. The zero-order valence-corrected chi connectivity index (χ0v) is 23.2. The molecule has 38 heavy (non-hydrogen) atoms. The molecule has 2 heterocycles. The predicted octanol–water partition coefficient (Wildman–Crippen LogP) is 6.04. The number of nitrogen functional groups attached to an aromatic ring is 1. The Hall–Kier alpha value is -3.68. The molecule has 0 fully saturated rings. The van der Waals surface area contributed by atoms with Crippen LogP contribution >= 0.6 is 22.6 Å². The minimum absolute atomic E-state index is 0.0845. The standard InChI is InChI=1S/C27H24IN5O4S/c1-17-24-23(15-36-17)33(26(27(29)30)25(24)31-16-28)19-10-12-20(13-11-19)37-21-7-5-6-18(14-21)32-38(34,35)22-8-3-2-4-9-22/h2-14,16-17,32H,15H2,1H3,(H3,29,30)/b31-16-. The number of amidine groups is 1. The van der Waals surface area contributed by atoms with E-state index in [1.807, 2.05) is 46.2 Å². The molecule has 1 unspecified atom stereocenters. The lowest BCUT2D eigenvalue weighted by molar-refractivity contribution is 0.0777. The number of halogens is 1. The van der Waals surface area contributed by atoms with Gasteiger partial charge in [0.2, 0.25) is 0 Å². The summed E-state index contributed by atoms with van der Waals surface area (Å²) < 4.78 is 43.3. The molecule has 0 aliphatic carbocycles. The van der Waals surface area contributed by atoms with Gasteiger partial charge in [-0.15, -0.1) is 0 Å². The molecule has 1 aliphatic heterocycles. The van der Waals surface area contributed by atoms with Crippen LogP contribution in [-0.2, 0) is 21.4 Å². The van der Waals surface area contributed by atoms with Crippen molar-refractivity contribution in [1.29, 1.82) is 5.41 Å². The van der Waals surface area contributed by atoms with Crippen molar-refractivity contribution < 1.29 is 17.9 Å². The van der Waals surface area contributed by atoms with Crippen LogP contribution in [0.15, 0.2) is 88.8 Å². The summed E-state index contributed by atoms with van der Waals surface area (Å²) >= 11 is 2.05. The number of hydrogen-bond donors (Lipinski definition) is 3. The smallest absolute Gasteiger partial charge is 0.261 e. The summed E-state index contributed by atoms with van der Waals surface area (Å²) in [4.78, 5) is 4.67. The highest BCUT2D eigenvalue weighted by Crippen LogP contribution is 2.43. The molecule has 11 heteroatoms. The Morgan fingerprint density at radius 2 is 1.87 bits per heavy atom. The Balaban J connectivity index is 1.41. The summed E-state index contributed by atoms with van der Waals surface area (Å²) in [5.41, 5.74) is 10.2. The summed E-state index contributed by atoms with van der Waals surface area (Å²) in [5.74, 6) is 0.942. The summed E-state index contributed by atoms with van der Waals surface area (Å²) in [6, 6.07) is 22.2. The summed E-state index contributed by atoms with van der Waals surface area (Å²) in [7, 11) is -3.72. The van der Waals surface area contributed by atoms with Gasteiger partial charge in [-0.25, -0.2) is 13.4 Å². The second kappa shape index (κ2) is 10.6. The Bertz CT molecular complexity index is 1630. The molecule has 0 saturated heterocycles. The third-order valence-electron chi connectivity index (χ3n) is 6.06. The summed E-state index contributed by atoms with van der Waals surface area (Å²) in [6.07, 6.45) is -0.159. The van der Waals surface area contributed by atoms with E-state index in [4.69, 9.17) is 20.6 Å². The Kier molecular flexibility index (Phi) is 7.23. The highest BCUT2D eigenvalue weighted by molar-refractivity contribution is 14.1. The molecule has 0 spiro atoms. The molecule has 0 radical (unpaired) electrons. The number of rotatable bonds is 8. The lowest BCUT2D eigenvalue weighted by atomic mass is 10.1. The minimum atomic E-state index is -3.72. The maximum absolute atomic E-state index is 12.7. The van der Waals surface area contributed by atoms with E-state index in [0.29, 0.717) is 35.2 Å². The zero-order valence-electron chi connectivity index (χ0n) is 20.3. The number of hydrogen-bond acceptors (Lipinski definition) is 6. The lowest BCUT2D eigenvalue weighted by Gasteiger charge is -2.14. The van der Waals surface area contributed by atoms with Crippen molar-refractivity contribution in [2.75, 3.05) is 4.72 Å². The van der Waals surface area contributed by atoms with Crippen molar-refractivity contribution in [2.24, 2.45) is 10.7 Å². The number of nitrogens with two attached hydrogens (primary N) is 1. The van der Waals surface area contributed by atoms with E-state index in [1.54, 1.807) is 58.8 Å². The predicted molar refractivity (Wildman–Crippen MR) is 156 cm³/mol. The van der Waals surface area contributed by atoms with Crippen LogP contribution in [0.25, 0.3) is 5.69 Å². The molecule has 4 aromatic rings. The average molecular weight is 641 g/mol. The van der Waals surface area contributed by atoms with Crippen LogP contribution in [0.3, 0.4) is 0 Å².